The smallest absolute Gasteiger partial charge is 0.0206 e. The minimum absolute atomic E-state index is 0.0844. The predicted molar refractivity (Wildman–Crippen MR) is 67.8 cm³/mol. The Labute approximate surface area is 95.8 Å². The minimum atomic E-state index is 0.0844. The van der Waals surface area contributed by atoms with E-state index in [1.165, 1.54) is 32.1 Å². The number of hydrogen-bond donors (Lipinski definition) is 1. The maximum atomic E-state index is 6.68. The highest BCUT2D eigenvalue weighted by molar-refractivity contribution is 4.96. The molecule has 3 unspecified atom stereocenters. The van der Waals surface area contributed by atoms with E-state index >= 15 is 0 Å². The largest absolute Gasteiger partial charge is 0.325 e. The lowest BCUT2D eigenvalue weighted by molar-refractivity contribution is 0.0876. The average Bonchev–Trinajstić information content (AvgIpc) is 2.27. The summed E-state index contributed by atoms with van der Waals surface area (Å²) in [6.07, 6.45) is 8.04. The van der Waals surface area contributed by atoms with Crippen molar-refractivity contribution in [3.63, 3.8) is 0 Å². The lowest BCUT2D eigenvalue weighted by Gasteiger charge is -2.46. The van der Waals surface area contributed by atoms with Gasteiger partial charge in [-0.25, -0.2) is 0 Å². The van der Waals surface area contributed by atoms with Crippen molar-refractivity contribution >= 4 is 0 Å². The summed E-state index contributed by atoms with van der Waals surface area (Å²) in [6.45, 7) is 9.19. The first-order valence-electron chi connectivity index (χ1n) is 6.85. The van der Waals surface area contributed by atoms with Gasteiger partial charge in [0.15, 0.2) is 0 Å². The third-order valence-corrected chi connectivity index (χ3v) is 4.81. The molecule has 0 aliphatic heterocycles. The van der Waals surface area contributed by atoms with Crippen LogP contribution in [0.5, 0.6) is 0 Å². The third kappa shape index (κ3) is 2.55. The van der Waals surface area contributed by atoms with Gasteiger partial charge < -0.3 is 5.73 Å². The van der Waals surface area contributed by atoms with Crippen LogP contribution in [0.2, 0.25) is 0 Å². The zero-order valence-electron chi connectivity index (χ0n) is 11.1. The van der Waals surface area contributed by atoms with Gasteiger partial charge in [-0.1, -0.05) is 53.4 Å². The molecule has 1 rings (SSSR count). The van der Waals surface area contributed by atoms with E-state index in [1.807, 2.05) is 0 Å². The van der Waals surface area contributed by atoms with Crippen molar-refractivity contribution in [1.29, 1.82) is 0 Å². The van der Waals surface area contributed by atoms with E-state index in [0.29, 0.717) is 5.92 Å². The van der Waals surface area contributed by atoms with Gasteiger partial charge in [0.1, 0.15) is 0 Å². The van der Waals surface area contributed by atoms with E-state index in [9.17, 15) is 0 Å². The molecule has 0 spiro atoms. The molecule has 0 bridgehead atoms. The Morgan fingerprint density at radius 3 is 2.27 bits per heavy atom. The minimum Gasteiger partial charge on any atom is -0.325 e. The standard InChI is InChI=1S/C14H29N/c1-5-12-9-7-8-10-13(12)14(15,6-2)11(3)4/h11-13H,5-10,15H2,1-4H3. The molecule has 1 nitrogen and oxygen atoms in total. The highest BCUT2D eigenvalue weighted by Gasteiger charge is 2.40. The maximum absolute atomic E-state index is 6.68. The fourth-order valence-corrected chi connectivity index (χ4v) is 3.50. The Morgan fingerprint density at radius 1 is 1.20 bits per heavy atom. The highest BCUT2D eigenvalue weighted by atomic mass is 14.8. The molecular formula is C14H29N. The highest BCUT2D eigenvalue weighted by Crippen LogP contribution is 2.42. The van der Waals surface area contributed by atoms with Crippen molar-refractivity contribution in [3.8, 4) is 0 Å². The summed E-state index contributed by atoms with van der Waals surface area (Å²) in [4.78, 5) is 0. The zero-order chi connectivity index (χ0) is 11.5. The zero-order valence-corrected chi connectivity index (χ0v) is 11.1. The summed E-state index contributed by atoms with van der Waals surface area (Å²) in [5, 5.41) is 0. The molecule has 90 valence electrons. The average molecular weight is 211 g/mol. The number of nitrogens with two attached hydrogens (primary N) is 1. The van der Waals surface area contributed by atoms with Crippen molar-refractivity contribution in [3.05, 3.63) is 0 Å². The summed E-state index contributed by atoms with van der Waals surface area (Å²) in [5.74, 6) is 2.26. The monoisotopic (exact) mass is 211 g/mol. The molecule has 1 saturated carbocycles. The van der Waals surface area contributed by atoms with Crippen LogP contribution in [0.3, 0.4) is 0 Å². The summed E-state index contributed by atoms with van der Waals surface area (Å²) in [7, 11) is 0. The molecule has 0 aromatic rings. The molecule has 0 amide bonds. The molecular weight excluding hydrogens is 182 g/mol. The van der Waals surface area contributed by atoms with E-state index in [2.05, 4.69) is 27.7 Å². The fraction of sp³-hybridized carbons (Fsp3) is 1.00. The van der Waals surface area contributed by atoms with Crippen LogP contribution >= 0.6 is 0 Å². The normalized spacial score (nSPS) is 31.6. The molecule has 15 heavy (non-hydrogen) atoms. The van der Waals surface area contributed by atoms with Gasteiger partial charge >= 0.3 is 0 Å². The Bertz CT molecular complexity index is 188. The lowest BCUT2D eigenvalue weighted by Crippen LogP contribution is -2.54. The van der Waals surface area contributed by atoms with Crippen molar-refractivity contribution < 1.29 is 0 Å². The predicted octanol–water partition coefficient (Wildman–Crippen LogP) is 3.97. The maximum Gasteiger partial charge on any atom is 0.0206 e. The Morgan fingerprint density at radius 2 is 1.80 bits per heavy atom. The van der Waals surface area contributed by atoms with E-state index in [1.54, 1.807) is 0 Å². The molecule has 0 saturated heterocycles. The topological polar surface area (TPSA) is 26.0 Å². The molecule has 0 radical (unpaired) electrons. The van der Waals surface area contributed by atoms with Crippen molar-refractivity contribution in [2.45, 2.75) is 71.8 Å². The van der Waals surface area contributed by atoms with Crippen LogP contribution in [0, 0.1) is 17.8 Å². The Hall–Kier alpha value is -0.0400. The molecule has 1 heteroatoms. The molecule has 1 fully saturated rings. The Kier molecular flexibility index (Phi) is 4.64. The van der Waals surface area contributed by atoms with Crippen LogP contribution in [-0.2, 0) is 0 Å². The summed E-state index contributed by atoms with van der Waals surface area (Å²) in [6, 6.07) is 0. The summed E-state index contributed by atoms with van der Waals surface area (Å²) >= 11 is 0. The van der Waals surface area contributed by atoms with E-state index in [0.717, 1.165) is 18.3 Å². The van der Waals surface area contributed by atoms with E-state index in [-0.39, 0.29) is 5.54 Å². The van der Waals surface area contributed by atoms with Crippen LogP contribution in [0.15, 0.2) is 0 Å². The molecule has 1 aliphatic carbocycles. The third-order valence-electron chi connectivity index (χ3n) is 4.81. The van der Waals surface area contributed by atoms with Gasteiger partial charge in [0.2, 0.25) is 0 Å². The number of rotatable bonds is 4. The Balaban J connectivity index is 2.80. The van der Waals surface area contributed by atoms with Gasteiger partial charge in [-0.05, 0) is 30.6 Å². The van der Waals surface area contributed by atoms with Crippen LogP contribution < -0.4 is 5.73 Å². The van der Waals surface area contributed by atoms with Gasteiger partial charge in [-0.15, -0.1) is 0 Å². The molecule has 3 atom stereocenters. The first kappa shape index (κ1) is 13.0. The summed E-state index contributed by atoms with van der Waals surface area (Å²) in [5.41, 5.74) is 6.77. The second-order valence-corrected chi connectivity index (χ2v) is 5.68. The van der Waals surface area contributed by atoms with Crippen molar-refractivity contribution in [1.82, 2.24) is 0 Å². The van der Waals surface area contributed by atoms with Gasteiger partial charge in [0, 0.05) is 5.54 Å². The second-order valence-electron chi connectivity index (χ2n) is 5.68. The van der Waals surface area contributed by atoms with Crippen molar-refractivity contribution in [2.24, 2.45) is 23.5 Å². The van der Waals surface area contributed by atoms with Gasteiger partial charge in [0.25, 0.3) is 0 Å². The van der Waals surface area contributed by atoms with Crippen LogP contribution in [-0.4, -0.2) is 5.54 Å². The van der Waals surface area contributed by atoms with Gasteiger partial charge in [-0.3, -0.25) is 0 Å². The molecule has 1 aliphatic rings. The quantitative estimate of drug-likeness (QED) is 0.748. The molecule has 0 aromatic carbocycles. The second kappa shape index (κ2) is 5.34. The van der Waals surface area contributed by atoms with Crippen LogP contribution in [0.4, 0.5) is 0 Å². The van der Waals surface area contributed by atoms with Crippen LogP contribution in [0.1, 0.15) is 66.2 Å². The van der Waals surface area contributed by atoms with E-state index < -0.39 is 0 Å². The first-order valence-corrected chi connectivity index (χ1v) is 6.85. The van der Waals surface area contributed by atoms with Crippen LogP contribution in [0.25, 0.3) is 0 Å². The van der Waals surface area contributed by atoms with Gasteiger partial charge in [-0.2, -0.15) is 0 Å². The van der Waals surface area contributed by atoms with Gasteiger partial charge in [0.05, 0.1) is 0 Å². The molecule has 2 N–H and O–H groups in total. The van der Waals surface area contributed by atoms with Crippen molar-refractivity contribution in [2.75, 3.05) is 0 Å². The molecule has 0 aromatic heterocycles. The number of hydrogen-bond acceptors (Lipinski definition) is 1. The SMILES string of the molecule is CCC1CCCCC1C(N)(CC)C(C)C. The summed E-state index contributed by atoms with van der Waals surface area (Å²) < 4.78 is 0. The first-order chi connectivity index (χ1) is 7.06. The van der Waals surface area contributed by atoms with E-state index in [4.69, 9.17) is 5.73 Å². The lowest BCUT2D eigenvalue weighted by atomic mass is 9.63. The molecule has 0 heterocycles. The fourth-order valence-electron chi connectivity index (χ4n) is 3.50.